The molecule has 24 heavy (non-hydrogen) atoms. The fraction of sp³-hybridized carbons (Fsp3) is 0.312. The summed E-state index contributed by atoms with van der Waals surface area (Å²) in [6.07, 6.45) is -1.51. The van der Waals surface area contributed by atoms with Gasteiger partial charge in [-0.2, -0.15) is 28.8 Å². The van der Waals surface area contributed by atoms with E-state index in [-0.39, 0.29) is 5.92 Å². The summed E-state index contributed by atoms with van der Waals surface area (Å²) in [7, 11) is 0. The van der Waals surface area contributed by atoms with Crippen LogP contribution in [0.15, 0.2) is 30.6 Å². The number of anilines is 1. The summed E-state index contributed by atoms with van der Waals surface area (Å²) in [5.74, 6) is 0.0708. The highest BCUT2D eigenvalue weighted by Gasteiger charge is 2.33. The van der Waals surface area contributed by atoms with Gasteiger partial charge in [-0.05, 0) is 24.1 Å². The summed E-state index contributed by atoms with van der Waals surface area (Å²) in [6.45, 7) is 2.86. The Morgan fingerprint density at radius 3 is 2.62 bits per heavy atom. The molecular weight excluding hydrogens is 319 g/mol. The van der Waals surface area contributed by atoms with Crippen LogP contribution in [0, 0.1) is 28.6 Å². The molecule has 0 aliphatic heterocycles. The van der Waals surface area contributed by atoms with Gasteiger partial charge in [0.1, 0.15) is 6.07 Å². The van der Waals surface area contributed by atoms with Gasteiger partial charge in [-0.25, -0.2) is 0 Å². The van der Waals surface area contributed by atoms with Gasteiger partial charge in [0.2, 0.25) is 0 Å². The highest BCUT2D eigenvalue weighted by molar-refractivity contribution is 5.53. The van der Waals surface area contributed by atoms with Crippen LogP contribution in [0.2, 0.25) is 0 Å². The van der Waals surface area contributed by atoms with Crippen molar-refractivity contribution in [1.82, 2.24) is 9.78 Å². The van der Waals surface area contributed by atoms with Gasteiger partial charge in [0.15, 0.2) is 0 Å². The molecule has 2 aromatic rings. The molecule has 1 aromatic heterocycles. The maximum atomic E-state index is 12.9. The Labute approximate surface area is 136 Å². The zero-order valence-corrected chi connectivity index (χ0v) is 12.8. The molecule has 0 radical (unpaired) electrons. The molecule has 0 saturated heterocycles. The molecule has 8 heteroatoms. The van der Waals surface area contributed by atoms with E-state index < -0.39 is 17.3 Å². The van der Waals surface area contributed by atoms with Crippen molar-refractivity contribution in [3.63, 3.8) is 0 Å². The number of halogens is 3. The van der Waals surface area contributed by atoms with Crippen molar-refractivity contribution in [2.45, 2.75) is 19.6 Å². The molecule has 0 bridgehead atoms. The second kappa shape index (κ2) is 7.05. The van der Waals surface area contributed by atoms with Gasteiger partial charge < -0.3 is 5.32 Å². The number of benzene rings is 1. The number of hydrogen-bond acceptors (Lipinski definition) is 4. The third kappa shape index (κ3) is 4.26. The van der Waals surface area contributed by atoms with Gasteiger partial charge >= 0.3 is 6.18 Å². The summed E-state index contributed by atoms with van der Waals surface area (Å²) in [4.78, 5) is 0. The Morgan fingerprint density at radius 1 is 1.29 bits per heavy atom. The smallest absolute Gasteiger partial charge is 0.385 e. The number of aromatic nitrogens is 2. The van der Waals surface area contributed by atoms with Crippen LogP contribution >= 0.6 is 0 Å². The van der Waals surface area contributed by atoms with E-state index in [0.29, 0.717) is 24.3 Å². The number of hydrogen-bond donors (Lipinski definition) is 1. The van der Waals surface area contributed by atoms with E-state index >= 15 is 0 Å². The molecule has 1 heterocycles. The quantitative estimate of drug-likeness (QED) is 0.910. The lowest BCUT2D eigenvalue weighted by atomic mass is 10.1. The van der Waals surface area contributed by atoms with E-state index in [2.05, 4.69) is 10.4 Å². The Morgan fingerprint density at radius 2 is 2.04 bits per heavy atom. The number of rotatable bonds is 5. The van der Waals surface area contributed by atoms with Gasteiger partial charge in [-0.3, -0.25) is 4.68 Å². The Kier molecular flexibility index (Phi) is 5.10. The van der Waals surface area contributed by atoms with Crippen LogP contribution in [0.5, 0.6) is 0 Å². The molecule has 1 N–H and O–H groups in total. The predicted molar refractivity (Wildman–Crippen MR) is 80.8 cm³/mol. The first-order valence-electron chi connectivity index (χ1n) is 7.11. The van der Waals surface area contributed by atoms with Crippen LogP contribution < -0.4 is 5.32 Å². The van der Waals surface area contributed by atoms with Crippen LogP contribution in [-0.4, -0.2) is 16.3 Å². The van der Waals surface area contributed by atoms with Crippen LogP contribution in [-0.2, 0) is 12.7 Å². The first kappa shape index (κ1) is 17.4. The first-order chi connectivity index (χ1) is 11.3. The molecule has 124 valence electrons. The first-order valence-corrected chi connectivity index (χ1v) is 7.11. The molecule has 5 nitrogen and oxygen atoms in total. The van der Waals surface area contributed by atoms with Crippen molar-refractivity contribution in [3.05, 3.63) is 47.3 Å². The minimum atomic E-state index is -4.57. The Balaban J connectivity index is 2.01. The lowest BCUT2D eigenvalue weighted by Gasteiger charge is -2.15. The lowest BCUT2D eigenvalue weighted by Crippen LogP contribution is -2.18. The topological polar surface area (TPSA) is 77.4 Å². The maximum absolute atomic E-state index is 12.9. The van der Waals surface area contributed by atoms with E-state index in [1.807, 2.05) is 13.0 Å². The van der Waals surface area contributed by atoms with Crippen molar-refractivity contribution in [1.29, 1.82) is 10.5 Å². The molecule has 1 atom stereocenters. The third-order valence-electron chi connectivity index (χ3n) is 3.36. The standard InChI is InChI=1S/C16H14F3N5/c1-11(9-24-10-12(5-20)8-23-24)7-22-14-3-2-13(6-21)15(4-14)16(17,18)19/h2-4,8,10-11,22H,7,9H2,1H3. The van der Waals surface area contributed by atoms with Crippen molar-refractivity contribution in [3.8, 4) is 12.1 Å². The summed E-state index contributed by atoms with van der Waals surface area (Å²) < 4.78 is 40.4. The maximum Gasteiger partial charge on any atom is 0.417 e. The van der Waals surface area contributed by atoms with Crippen LogP contribution in [0.1, 0.15) is 23.6 Å². The molecule has 0 amide bonds. The van der Waals surface area contributed by atoms with E-state index in [0.717, 1.165) is 12.1 Å². The van der Waals surface area contributed by atoms with Gasteiger partial charge in [0, 0.05) is 25.0 Å². The molecule has 0 spiro atoms. The molecule has 2 rings (SSSR count). The minimum Gasteiger partial charge on any atom is -0.385 e. The van der Waals surface area contributed by atoms with E-state index in [4.69, 9.17) is 10.5 Å². The molecule has 0 aliphatic rings. The van der Waals surface area contributed by atoms with Crippen molar-refractivity contribution in [2.75, 3.05) is 11.9 Å². The van der Waals surface area contributed by atoms with Crippen LogP contribution in [0.4, 0.5) is 18.9 Å². The van der Waals surface area contributed by atoms with Crippen LogP contribution in [0.3, 0.4) is 0 Å². The number of nitrogens with zero attached hydrogens (tertiary/aromatic N) is 4. The minimum absolute atomic E-state index is 0.0708. The third-order valence-corrected chi connectivity index (χ3v) is 3.36. The van der Waals surface area contributed by atoms with Gasteiger partial charge in [0.05, 0.1) is 29.0 Å². The molecule has 0 fully saturated rings. The molecule has 0 saturated carbocycles. The Hall–Kier alpha value is -3.00. The lowest BCUT2D eigenvalue weighted by molar-refractivity contribution is -0.137. The summed E-state index contributed by atoms with van der Waals surface area (Å²) in [5.41, 5.74) is -0.599. The van der Waals surface area contributed by atoms with E-state index in [1.165, 1.54) is 12.3 Å². The van der Waals surface area contributed by atoms with Crippen molar-refractivity contribution in [2.24, 2.45) is 5.92 Å². The molecular formula is C16H14F3N5. The average molecular weight is 333 g/mol. The average Bonchev–Trinajstić information content (AvgIpc) is 2.99. The molecule has 0 aliphatic carbocycles. The highest BCUT2D eigenvalue weighted by atomic mass is 19.4. The van der Waals surface area contributed by atoms with Crippen molar-refractivity contribution >= 4 is 5.69 Å². The molecule has 1 aromatic carbocycles. The largest absolute Gasteiger partial charge is 0.417 e. The number of nitrogens with one attached hydrogen (secondary N) is 1. The Bertz CT molecular complexity index is 795. The zero-order valence-electron chi connectivity index (χ0n) is 12.8. The summed E-state index contributed by atoms with van der Waals surface area (Å²) >= 11 is 0. The second-order valence-corrected chi connectivity index (χ2v) is 5.42. The second-order valence-electron chi connectivity index (χ2n) is 5.42. The van der Waals surface area contributed by atoms with Gasteiger partial charge in [-0.1, -0.05) is 6.92 Å². The summed E-state index contributed by atoms with van der Waals surface area (Å²) in [5, 5.41) is 24.5. The van der Waals surface area contributed by atoms with Gasteiger partial charge in [0.25, 0.3) is 0 Å². The summed E-state index contributed by atoms with van der Waals surface area (Å²) in [6, 6.07) is 7.07. The van der Waals surface area contributed by atoms with Gasteiger partial charge in [-0.15, -0.1) is 0 Å². The number of nitriles is 2. The fourth-order valence-electron chi connectivity index (χ4n) is 2.18. The number of alkyl halides is 3. The zero-order chi connectivity index (χ0) is 17.7. The monoisotopic (exact) mass is 333 g/mol. The normalized spacial score (nSPS) is 12.2. The fourth-order valence-corrected chi connectivity index (χ4v) is 2.18. The predicted octanol–water partition coefficient (Wildman–Crippen LogP) is 3.39. The molecule has 1 unspecified atom stereocenters. The highest BCUT2D eigenvalue weighted by Crippen LogP contribution is 2.33. The van der Waals surface area contributed by atoms with E-state index in [1.54, 1.807) is 16.9 Å². The van der Waals surface area contributed by atoms with Crippen LogP contribution in [0.25, 0.3) is 0 Å². The van der Waals surface area contributed by atoms with E-state index in [9.17, 15) is 13.2 Å². The SMILES string of the molecule is CC(CNc1ccc(C#N)c(C(F)(F)F)c1)Cn1cc(C#N)cn1. The van der Waals surface area contributed by atoms with Crippen molar-refractivity contribution < 1.29 is 13.2 Å².